The predicted octanol–water partition coefficient (Wildman–Crippen LogP) is 3.43. The summed E-state index contributed by atoms with van der Waals surface area (Å²) in [6.45, 7) is 0.839. The zero-order chi connectivity index (χ0) is 20.9. The quantitative estimate of drug-likeness (QED) is 0.810. The Morgan fingerprint density at radius 3 is 2.37 bits per heavy atom. The van der Waals surface area contributed by atoms with Crippen LogP contribution in [0.15, 0.2) is 24.3 Å². The lowest BCUT2D eigenvalue weighted by molar-refractivity contribution is -0.136. The molecule has 4 aliphatic carbocycles. The van der Waals surface area contributed by atoms with E-state index in [-0.39, 0.29) is 37.1 Å². The van der Waals surface area contributed by atoms with E-state index >= 15 is 0 Å². The number of amides is 3. The maximum Gasteiger partial charge on any atom is 0.244 e. The van der Waals surface area contributed by atoms with Crippen molar-refractivity contribution in [1.82, 2.24) is 4.90 Å². The van der Waals surface area contributed by atoms with Gasteiger partial charge >= 0.3 is 0 Å². The monoisotopic (exact) mass is 409 g/mol. The molecule has 160 valence electrons. The van der Waals surface area contributed by atoms with Crippen molar-refractivity contribution >= 4 is 29.1 Å². The molecule has 4 fully saturated rings. The van der Waals surface area contributed by atoms with E-state index in [4.69, 9.17) is 0 Å². The number of benzene rings is 1. The molecule has 1 N–H and O–H groups in total. The molecule has 3 amide bonds. The molecule has 1 heterocycles. The third-order valence-corrected chi connectivity index (χ3v) is 7.79. The standard InChI is InChI=1S/C24H31N3O3/c1-26(15-24-11-16-8-17(12-24)10-18(9-16)13-24)22(29)6-7-23(30)27-14-21(28)25-19-4-2-3-5-20(19)27/h2-5,16-18H,6-15H2,1H3,(H,25,28). The molecule has 1 aliphatic heterocycles. The number of para-hydroxylation sites is 2. The van der Waals surface area contributed by atoms with Gasteiger partial charge in [-0.05, 0) is 73.8 Å². The number of carbonyl (C=O) groups excluding carboxylic acids is 3. The number of nitrogens with zero attached hydrogens (tertiary/aromatic N) is 2. The van der Waals surface area contributed by atoms with Gasteiger partial charge in [0.25, 0.3) is 0 Å². The summed E-state index contributed by atoms with van der Waals surface area (Å²) in [6.07, 6.45) is 8.34. The molecule has 1 aromatic rings. The number of rotatable bonds is 5. The van der Waals surface area contributed by atoms with Gasteiger partial charge in [-0.3, -0.25) is 14.4 Å². The lowest BCUT2D eigenvalue weighted by Crippen LogP contribution is -2.51. The zero-order valence-electron chi connectivity index (χ0n) is 17.7. The van der Waals surface area contributed by atoms with Crippen LogP contribution in [0.4, 0.5) is 11.4 Å². The minimum Gasteiger partial charge on any atom is -0.345 e. The second-order valence-electron chi connectivity index (χ2n) is 10.2. The van der Waals surface area contributed by atoms with E-state index < -0.39 is 0 Å². The van der Waals surface area contributed by atoms with E-state index in [1.54, 1.807) is 6.07 Å². The smallest absolute Gasteiger partial charge is 0.244 e. The van der Waals surface area contributed by atoms with E-state index in [1.807, 2.05) is 30.1 Å². The first kappa shape index (κ1) is 19.6. The summed E-state index contributed by atoms with van der Waals surface area (Å²) in [5, 5.41) is 2.79. The molecular weight excluding hydrogens is 378 g/mol. The summed E-state index contributed by atoms with van der Waals surface area (Å²) >= 11 is 0. The Bertz CT molecular complexity index is 845. The minimum atomic E-state index is -0.202. The van der Waals surface area contributed by atoms with Crippen LogP contribution in [0.3, 0.4) is 0 Å². The molecule has 0 radical (unpaired) electrons. The molecular formula is C24H31N3O3. The normalized spacial score (nSPS) is 31.3. The Labute approximate surface area is 178 Å². The van der Waals surface area contributed by atoms with Gasteiger partial charge in [0.05, 0.1) is 11.4 Å². The highest BCUT2D eigenvalue weighted by molar-refractivity contribution is 6.10. The van der Waals surface area contributed by atoms with Crippen LogP contribution in [0.25, 0.3) is 0 Å². The summed E-state index contributed by atoms with van der Waals surface area (Å²) in [7, 11) is 1.90. The van der Waals surface area contributed by atoms with Crippen molar-refractivity contribution in [2.75, 3.05) is 30.4 Å². The van der Waals surface area contributed by atoms with Crippen molar-refractivity contribution in [2.45, 2.75) is 51.4 Å². The van der Waals surface area contributed by atoms with Crippen LogP contribution in [0, 0.1) is 23.2 Å². The van der Waals surface area contributed by atoms with Crippen LogP contribution in [0.5, 0.6) is 0 Å². The van der Waals surface area contributed by atoms with Gasteiger partial charge in [-0.15, -0.1) is 0 Å². The zero-order valence-corrected chi connectivity index (χ0v) is 17.7. The van der Waals surface area contributed by atoms with E-state index in [0.29, 0.717) is 16.8 Å². The summed E-state index contributed by atoms with van der Waals surface area (Å²) in [6, 6.07) is 7.29. The Morgan fingerprint density at radius 1 is 1.07 bits per heavy atom. The molecule has 0 atom stereocenters. The van der Waals surface area contributed by atoms with Crippen LogP contribution >= 0.6 is 0 Å². The van der Waals surface area contributed by atoms with Gasteiger partial charge in [0, 0.05) is 26.4 Å². The summed E-state index contributed by atoms with van der Waals surface area (Å²) in [5.41, 5.74) is 1.66. The van der Waals surface area contributed by atoms with E-state index in [1.165, 1.54) is 43.4 Å². The predicted molar refractivity (Wildman–Crippen MR) is 115 cm³/mol. The maximum absolute atomic E-state index is 12.8. The first-order valence-electron chi connectivity index (χ1n) is 11.3. The van der Waals surface area contributed by atoms with Crippen LogP contribution in [0.1, 0.15) is 51.4 Å². The molecule has 0 spiro atoms. The highest BCUT2D eigenvalue weighted by Gasteiger charge is 2.51. The van der Waals surface area contributed by atoms with Crippen molar-refractivity contribution in [1.29, 1.82) is 0 Å². The molecule has 6 nitrogen and oxygen atoms in total. The van der Waals surface area contributed by atoms with Crippen LogP contribution < -0.4 is 10.2 Å². The minimum absolute atomic E-state index is 0.00710. The lowest BCUT2D eigenvalue weighted by atomic mass is 9.49. The first-order valence-corrected chi connectivity index (χ1v) is 11.3. The average Bonchev–Trinajstić information content (AvgIpc) is 2.69. The van der Waals surface area contributed by atoms with Crippen LogP contribution in [-0.4, -0.2) is 42.8 Å². The molecule has 6 heteroatoms. The second-order valence-corrected chi connectivity index (χ2v) is 10.2. The van der Waals surface area contributed by atoms with Crippen LogP contribution in [-0.2, 0) is 14.4 Å². The van der Waals surface area contributed by atoms with Gasteiger partial charge in [-0.1, -0.05) is 12.1 Å². The molecule has 4 bridgehead atoms. The number of nitrogens with one attached hydrogen (secondary N) is 1. The molecule has 0 unspecified atom stereocenters. The van der Waals surface area contributed by atoms with Crippen molar-refractivity contribution in [3.63, 3.8) is 0 Å². The molecule has 30 heavy (non-hydrogen) atoms. The van der Waals surface area contributed by atoms with Crippen molar-refractivity contribution < 1.29 is 14.4 Å². The summed E-state index contributed by atoms with van der Waals surface area (Å²) < 4.78 is 0. The largest absolute Gasteiger partial charge is 0.345 e. The lowest BCUT2D eigenvalue weighted by Gasteiger charge is -2.57. The number of hydrogen-bond acceptors (Lipinski definition) is 3. The topological polar surface area (TPSA) is 69.7 Å². The number of carbonyl (C=O) groups is 3. The summed E-state index contributed by atoms with van der Waals surface area (Å²) in [5.74, 6) is 2.26. The van der Waals surface area contributed by atoms with Gasteiger partial charge in [-0.25, -0.2) is 0 Å². The van der Waals surface area contributed by atoms with E-state index in [2.05, 4.69) is 5.32 Å². The Kier molecular flexibility index (Phi) is 4.83. The van der Waals surface area contributed by atoms with Crippen LogP contribution in [0.2, 0.25) is 0 Å². The van der Waals surface area contributed by atoms with Crippen molar-refractivity contribution in [3.05, 3.63) is 24.3 Å². The number of fused-ring (bicyclic) bond motifs is 1. The molecule has 6 rings (SSSR count). The SMILES string of the molecule is CN(CC12CC3CC(CC(C3)C1)C2)C(=O)CCC(=O)N1CC(=O)Nc2ccccc21. The van der Waals surface area contributed by atoms with Gasteiger partial charge in [0.2, 0.25) is 17.7 Å². The van der Waals surface area contributed by atoms with Gasteiger partial charge in [0.15, 0.2) is 0 Å². The van der Waals surface area contributed by atoms with Gasteiger partial charge < -0.3 is 15.1 Å². The number of hydrogen-bond donors (Lipinski definition) is 1. The maximum atomic E-state index is 12.8. The molecule has 4 saturated carbocycles. The highest BCUT2D eigenvalue weighted by atomic mass is 16.2. The van der Waals surface area contributed by atoms with E-state index in [9.17, 15) is 14.4 Å². The van der Waals surface area contributed by atoms with Gasteiger partial charge in [-0.2, -0.15) is 0 Å². The van der Waals surface area contributed by atoms with Crippen molar-refractivity contribution in [2.24, 2.45) is 23.2 Å². The second kappa shape index (κ2) is 7.40. The Hall–Kier alpha value is -2.37. The average molecular weight is 410 g/mol. The van der Waals surface area contributed by atoms with E-state index in [0.717, 1.165) is 24.3 Å². The third kappa shape index (κ3) is 3.61. The molecule has 1 aromatic carbocycles. The fourth-order valence-corrected chi connectivity index (χ4v) is 7.07. The fraction of sp³-hybridized carbons (Fsp3) is 0.625. The van der Waals surface area contributed by atoms with Crippen molar-refractivity contribution in [3.8, 4) is 0 Å². The highest BCUT2D eigenvalue weighted by Crippen LogP contribution is 2.60. The third-order valence-electron chi connectivity index (χ3n) is 7.79. The Morgan fingerprint density at radius 2 is 1.70 bits per heavy atom. The Balaban J connectivity index is 1.18. The molecule has 0 saturated heterocycles. The molecule has 0 aromatic heterocycles. The molecule has 5 aliphatic rings. The number of anilines is 2. The summed E-state index contributed by atoms with van der Waals surface area (Å²) in [4.78, 5) is 41.0. The van der Waals surface area contributed by atoms with Gasteiger partial charge in [0.1, 0.15) is 6.54 Å². The fourth-order valence-electron chi connectivity index (χ4n) is 7.07. The first-order chi connectivity index (χ1) is 14.4.